The molecule has 0 saturated carbocycles. The van der Waals surface area contributed by atoms with Gasteiger partial charge in [0.15, 0.2) is 0 Å². The van der Waals surface area contributed by atoms with Crippen molar-refractivity contribution in [2.45, 2.75) is 32.0 Å². The second kappa shape index (κ2) is 8.41. The van der Waals surface area contributed by atoms with E-state index in [-0.39, 0.29) is 0 Å². The Kier molecular flexibility index (Phi) is 6.26. The predicted octanol–water partition coefficient (Wildman–Crippen LogP) is 1.00. The summed E-state index contributed by atoms with van der Waals surface area (Å²) >= 11 is 0. The van der Waals surface area contributed by atoms with E-state index in [1.807, 2.05) is 18.2 Å². The van der Waals surface area contributed by atoms with E-state index in [4.69, 9.17) is 15.7 Å². The first kappa shape index (κ1) is 19.4. The van der Waals surface area contributed by atoms with E-state index < -0.39 is 23.4 Å². The molecule has 0 unspecified atom stereocenters. The first-order valence-electron chi connectivity index (χ1n) is 7.97. The third-order valence-electron chi connectivity index (χ3n) is 3.62. The smallest absolute Gasteiger partial charge is 0.267 e. The monoisotopic (exact) mass is 358 g/mol. The minimum Gasteiger partial charge on any atom is -0.487 e. The normalized spacial score (nSPS) is 12.2. The standard InChI is InChI=1S/C18H22N4O4/c1-18(2,19)15(17(24)22-25)21-16(23)12-6-8-14(9-7-12)26-11-13-5-3-4-10-20-13/h3-10,15,25H,11,19H2,1-2H3,(H,21,23)(H,22,24)/t15-/m1/s1. The molecule has 2 rings (SSSR count). The van der Waals surface area contributed by atoms with E-state index in [1.165, 1.54) is 5.48 Å². The summed E-state index contributed by atoms with van der Waals surface area (Å²) in [7, 11) is 0. The third-order valence-corrected chi connectivity index (χ3v) is 3.62. The summed E-state index contributed by atoms with van der Waals surface area (Å²) in [4.78, 5) is 28.2. The lowest BCUT2D eigenvalue weighted by Gasteiger charge is -2.29. The average molecular weight is 358 g/mol. The molecule has 1 aromatic heterocycles. The lowest BCUT2D eigenvalue weighted by molar-refractivity contribution is -0.132. The van der Waals surface area contributed by atoms with Crippen LogP contribution >= 0.6 is 0 Å². The number of hydroxylamine groups is 1. The first-order chi connectivity index (χ1) is 12.3. The Labute approximate surface area is 151 Å². The van der Waals surface area contributed by atoms with Gasteiger partial charge in [0, 0.05) is 17.3 Å². The van der Waals surface area contributed by atoms with Crippen molar-refractivity contribution >= 4 is 11.8 Å². The van der Waals surface area contributed by atoms with Crippen molar-refractivity contribution in [3.8, 4) is 5.75 Å². The fourth-order valence-electron chi connectivity index (χ4n) is 2.21. The summed E-state index contributed by atoms with van der Waals surface area (Å²) in [5.41, 5.74) is 7.46. The van der Waals surface area contributed by atoms with E-state index in [0.29, 0.717) is 17.9 Å². The number of nitrogens with zero attached hydrogens (tertiary/aromatic N) is 1. The van der Waals surface area contributed by atoms with Crippen LogP contribution in [-0.2, 0) is 11.4 Å². The summed E-state index contributed by atoms with van der Waals surface area (Å²) in [6.45, 7) is 3.45. The van der Waals surface area contributed by atoms with Crippen molar-refractivity contribution in [2.24, 2.45) is 5.73 Å². The van der Waals surface area contributed by atoms with Crippen LogP contribution in [0.1, 0.15) is 29.9 Å². The first-order valence-corrected chi connectivity index (χ1v) is 7.97. The molecule has 5 N–H and O–H groups in total. The van der Waals surface area contributed by atoms with Gasteiger partial charge in [-0.1, -0.05) is 6.07 Å². The topological polar surface area (TPSA) is 127 Å². The van der Waals surface area contributed by atoms with Crippen molar-refractivity contribution < 1.29 is 19.5 Å². The number of nitrogens with two attached hydrogens (primary N) is 1. The largest absolute Gasteiger partial charge is 0.487 e. The Morgan fingerprint density at radius 1 is 1.23 bits per heavy atom. The highest BCUT2D eigenvalue weighted by molar-refractivity contribution is 5.97. The van der Waals surface area contributed by atoms with Crippen LogP contribution < -0.4 is 21.3 Å². The second-order valence-electron chi connectivity index (χ2n) is 6.34. The molecule has 1 atom stereocenters. The van der Waals surface area contributed by atoms with Gasteiger partial charge in [0.1, 0.15) is 18.4 Å². The summed E-state index contributed by atoms with van der Waals surface area (Å²) in [6.07, 6.45) is 1.68. The average Bonchev–Trinajstić information content (AvgIpc) is 2.64. The zero-order chi connectivity index (χ0) is 19.2. The second-order valence-corrected chi connectivity index (χ2v) is 6.34. The molecule has 138 valence electrons. The number of hydrogen-bond donors (Lipinski definition) is 4. The highest BCUT2D eigenvalue weighted by atomic mass is 16.5. The lowest BCUT2D eigenvalue weighted by atomic mass is 9.95. The summed E-state index contributed by atoms with van der Waals surface area (Å²) in [6, 6.07) is 10.9. The molecule has 0 fully saturated rings. The predicted molar refractivity (Wildman–Crippen MR) is 94.5 cm³/mol. The van der Waals surface area contributed by atoms with Crippen LogP contribution in [0.4, 0.5) is 0 Å². The van der Waals surface area contributed by atoms with Gasteiger partial charge in [-0.3, -0.25) is 19.8 Å². The van der Waals surface area contributed by atoms with E-state index in [1.54, 1.807) is 44.3 Å². The van der Waals surface area contributed by atoms with Gasteiger partial charge >= 0.3 is 0 Å². The van der Waals surface area contributed by atoms with E-state index in [2.05, 4.69) is 10.3 Å². The van der Waals surface area contributed by atoms with Crippen molar-refractivity contribution in [2.75, 3.05) is 0 Å². The van der Waals surface area contributed by atoms with Crippen molar-refractivity contribution in [3.63, 3.8) is 0 Å². The van der Waals surface area contributed by atoms with Gasteiger partial charge in [-0.2, -0.15) is 0 Å². The van der Waals surface area contributed by atoms with Gasteiger partial charge in [0.05, 0.1) is 5.69 Å². The van der Waals surface area contributed by atoms with Crippen LogP contribution in [0.2, 0.25) is 0 Å². The molecule has 2 aromatic rings. The van der Waals surface area contributed by atoms with Crippen LogP contribution in [0.15, 0.2) is 48.7 Å². The van der Waals surface area contributed by atoms with E-state index in [0.717, 1.165) is 5.69 Å². The van der Waals surface area contributed by atoms with Crippen LogP contribution in [0, 0.1) is 0 Å². The zero-order valence-corrected chi connectivity index (χ0v) is 14.6. The Morgan fingerprint density at radius 3 is 2.46 bits per heavy atom. The molecule has 2 amide bonds. The van der Waals surface area contributed by atoms with Crippen molar-refractivity contribution in [3.05, 3.63) is 59.9 Å². The molecule has 8 heteroatoms. The van der Waals surface area contributed by atoms with Gasteiger partial charge < -0.3 is 15.8 Å². The highest BCUT2D eigenvalue weighted by Crippen LogP contribution is 2.14. The Morgan fingerprint density at radius 2 is 1.92 bits per heavy atom. The third kappa shape index (κ3) is 5.27. The molecule has 1 heterocycles. The number of benzene rings is 1. The van der Waals surface area contributed by atoms with Gasteiger partial charge in [-0.05, 0) is 50.2 Å². The van der Waals surface area contributed by atoms with Crippen molar-refractivity contribution in [1.82, 2.24) is 15.8 Å². The number of hydrogen-bond acceptors (Lipinski definition) is 6. The molecular formula is C18H22N4O4. The molecule has 0 spiro atoms. The molecule has 0 aliphatic rings. The summed E-state index contributed by atoms with van der Waals surface area (Å²) < 4.78 is 5.61. The molecule has 0 bridgehead atoms. The zero-order valence-electron chi connectivity index (χ0n) is 14.6. The summed E-state index contributed by atoms with van der Waals surface area (Å²) in [5, 5.41) is 11.3. The number of nitrogens with one attached hydrogen (secondary N) is 2. The fraction of sp³-hybridized carbons (Fsp3) is 0.278. The van der Waals surface area contributed by atoms with Gasteiger partial charge in [-0.25, -0.2) is 5.48 Å². The SMILES string of the molecule is CC(C)(N)[C@H](NC(=O)c1ccc(OCc2ccccn2)cc1)C(=O)NO. The lowest BCUT2D eigenvalue weighted by Crippen LogP contribution is -2.61. The maximum atomic E-state index is 12.3. The molecule has 0 aliphatic heterocycles. The number of ether oxygens (including phenoxy) is 1. The maximum absolute atomic E-state index is 12.3. The maximum Gasteiger partial charge on any atom is 0.267 e. The highest BCUT2D eigenvalue weighted by Gasteiger charge is 2.33. The van der Waals surface area contributed by atoms with Crippen LogP contribution in [0.3, 0.4) is 0 Å². The van der Waals surface area contributed by atoms with Crippen LogP contribution in [-0.4, -0.2) is 33.6 Å². The Bertz CT molecular complexity index is 742. The molecular weight excluding hydrogens is 336 g/mol. The number of amides is 2. The number of rotatable bonds is 7. The molecule has 0 saturated heterocycles. The number of aromatic nitrogens is 1. The van der Waals surface area contributed by atoms with Gasteiger partial charge in [0.25, 0.3) is 11.8 Å². The summed E-state index contributed by atoms with van der Waals surface area (Å²) in [5.74, 6) is -0.703. The quantitative estimate of drug-likeness (QED) is 0.432. The van der Waals surface area contributed by atoms with Gasteiger partial charge in [-0.15, -0.1) is 0 Å². The molecule has 8 nitrogen and oxygen atoms in total. The number of carbonyl (C=O) groups is 2. The van der Waals surface area contributed by atoms with Crippen LogP contribution in [0.5, 0.6) is 5.75 Å². The number of pyridine rings is 1. The molecule has 0 aliphatic carbocycles. The molecule has 0 radical (unpaired) electrons. The Balaban J connectivity index is 2.00. The minimum atomic E-state index is -1.10. The van der Waals surface area contributed by atoms with Crippen LogP contribution in [0.25, 0.3) is 0 Å². The molecule has 1 aromatic carbocycles. The number of carbonyl (C=O) groups excluding carboxylic acids is 2. The Hall–Kier alpha value is -2.97. The van der Waals surface area contributed by atoms with E-state index in [9.17, 15) is 9.59 Å². The van der Waals surface area contributed by atoms with Crippen molar-refractivity contribution in [1.29, 1.82) is 0 Å². The van der Waals surface area contributed by atoms with E-state index >= 15 is 0 Å². The minimum absolute atomic E-state index is 0.312. The van der Waals surface area contributed by atoms with Gasteiger partial charge in [0.2, 0.25) is 0 Å². The fourth-order valence-corrected chi connectivity index (χ4v) is 2.21. The molecule has 26 heavy (non-hydrogen) atoms.